The lowest BCUT2D eigenvalue weighted by molar-refractivity contribution is 0.189. The van der Waals surface area contributed by atoms with Gasteiger partial charge in [0.25, 0.3) is 5.89 Å². The summed E-state index contributed by atoms with van der Waals surface area (Å²) in [4.78, 5) is 0. The highest BCUT2D eigenvalue weighted by molar-refractivity contribution is 5.28. The van der Waals surface area contributed by atoms with Crippen LogP contribution in [0.4, 0.5) is 10.4 Å². The summed E-state index contributed by atoms with van der Waals surface area (Å²) in [7, 11) is 0. The topological polar surface area (TPSA) is 60.2 Å². The molecule has 1 unspecified atom stereocenters. The molecule has 0 radical (unpaired) electrons. The number of nitrogens with one attached hydrogen (secondary N) is 1. The lowest BCUT2D eigenvalue weighted by Gasteiger charge is -2.11. The van der Waals surface area contributed by atoms with Crippen molar-refractivity contribution >= 4 is 6.01 Å². The number of hydrogen-bond acceptors (Lipinski definition) is 5. The fourth-order valence-electron chi connectivity index (χ4n) is 1.79. The summed E-state index contributed by atoms with van der Waals surface area (Å²) in [5.41, 5.74) is 0.0882. The molecular formula is C14H16FN3O2. The molecule has 1 atom stereocenters. The Morgan fingerprint density at radius 3 is 2.65 bits per heavy atom. The van der Waals surface area contributed by atoms with Gasteiger partial charge in [-0.3, -0.25) is 0 Å². The molecule has 1 heterocycles. The Morgan fingerprint density at radius 1 is 1.30 bits per heavy atom. The summed E-state index contributed by atoms with van der Waals surface area (Å²) >= 11 is 0. The molecule has 1 aromatic heterocycles. The fourth-order valence-corrected chi connectivity index (χ4v) is 1.79. The highest BCUT2D eigenvalue weighted by Gasteiger charge is 2.38. The molecule has 3 rings (SSSR count). The smallest absolute Gasteiger partial charge is 0.316 e. The van der Waals surface area contributed by atoms with Gasteiger partial charge in [0.1, 0.15) is 11.6 Å². The standard InChI is InChI=1S/C14H16FN3O2/c1-9(19-11-5-3-10(15)4-6-11)12-17-18-13(20-12)16-14(2)7-8-14/h3-6,9H,7-8H2,1-2H3,(H,16,18). The SMILES string of the molecule is CC(Oc1ccc(F)cc1)c1nnc(NC2(C)CC2)o1. The van der Waals surface area contributed by atoms with Crippen LogP contribution in [0.15, 0.2) is 28.7 Å². The monoisotopic (exact) mass is 277 g/mol. The minimum absolute atomic E-state index is 0.0882. The predicted octanol–water partition coefficient (Wildman–Crippen LogP) is 3.31. The van der Waals surface area contributed by atoms with Gasteiger partial charge in [-0.15, -0.1) is 5.10 Å². The lowest BCUT2D eigenvalue weighted by atomic mass is 10.3. The Kier molecular flexibility index (Phi) is 3.08. The molecule has 106 valence electrons. The molecule has 0 amide bonds. The zero-order chi connectivity index (χ0) is 14.2. The number of halogens is 1. The maximum absolute atomic E-state index is 12.8. The average molecular weight is 277 g/mol. The molecular weight excluding hydrogens is 261 g/mol. The van der Waals surface area contributed by atoms with E-state index in [1.807, 2.05) is 0 Å². The Bertz CT molecular complexity index is 593. The van der Waals surface area contributed by atoms with E-state index in [4.69, 9.17) is 9.15 Å². The molecule has 1 saturated carbocycles. The molecule has 0 spiro atoms. The van der Waals surface area contributed by atoms with Crippen molar-refractivity contribution in [2.75, 3.05) is 5.32 Å². The second-order valence-corrected chi connectivity index (χ2v) is 5.35. The third-order valence-corrected chi connectivity index (χ3v) is 3.32. The van der Waals surface area contributed by atoms with E-state index in [2.05, 4.69) is 22.4 Å². The van der Waals surface area contributed by atoms with Crippen LogP contribution in [0.5, 0.6) is 5.75 Å². The van der Waals surface area contributed by atoms with Gasteiger partial charge in [0.2, 0.25) is 0 Å². The molecule has 6 heteroatoms. The van der Waals surface area contributed by atoms with Crippen molar-refractivity contribution in [1.29, 1.82) is 0 Å². The van der Waals surface area contributed by atoms with Crippen LogP contribution in [-0.2, 0) is 0 Å². The molecule has 1 N–H and O–H groups in total. The van der Waals surface area contributed by atoms with Crippen molar-refractivity contribution in [1.82, 2.24) is 10.2 Å². The van der Waals surface area contributed by atoms with Crippen molar-refractivity contribution < 1.29 is 13.5 Å². The summed E-state index contributed by atoms with van der Waals surface area (Å²) in [6, 6.07) is 6.22. The third kappa shape index (κ3) is 2.89. The van der Waals surface area contributed by atoms with Gasteiger partial charge in [-0.2, -0.15) is 0 Å². The first-order valence-electron chi connectivity index (χ1n) is 6.58. The van der Waals surface area contributed by atoms with Gasteiger partial charge in [-0.05, 0) is 51.0 Å². The molecule has 5 nitrogen and oxygen atoms in total. The highest BCUT2D eigenvalue weighted by atomic mass is 19.1. The van der Waals surface area contributed by atoms with Gasteiger partial charge < -0.3 is 14.5 Å². The van der Waals surface area contributed by atoms with Crippen molar-refractivity contribution in [2.24, 2.45) is 0 Å². The number of aromatic nitrogens is 2. The summed E-state index contributed by atoms with van der Waals surface area (Å²) in [6.45, 7) is 3.91. The molecule has 1 aromatic carbocycles. The molecule has 0 bridgehead atoms. The van der Waals surface area contributed by atoms with Gasteiger partial charge in [0, 0.05) is 5.54 Å². The molecule has 1 aliphatic carbocycles. The summed E-state index contributed by atoms with van der Waals surface area (Å²) in [5.74, 6) is 0.647. The molecule has 0 aliphatic heterocycles. The predicted molar refractivity (Wildman–Crippen MR) is 71.0 cm³/mol. The van der Waals surface area contributed by atoms with E-state index < -0.39 is 6.10 Å². The normalized spacial score (nSPS) is 17.6. The highest BCUT2D eigenvalue weighted by Crippen LogP contribution is 2.38. The Hall–Kier alpha value is -2.11. The van der Waals surface area contributed by atoms with Gasteiger partial charge in [0.15, 0.2) is 6.10 Å². The third-order valence-electron chi connectivity index (χ3n) is 3.32. The second kappa shape index (κ2) is 4.77. The summed E-state index contributed by atoms with van der Waals surface area (Å²) < 4.78 is 24.0. The molecule has 1 fully saturated rings. The lowest BCUT2D eigenvalue weighted by Crippen LogP contribution is -2.15. The number of rotatable bonds is 5. The largest absolute Gasteiger partial charge is 0.481 e. The van der Waals surface area contributed by atoms with Gasteiger partial charge >= 0.3 is 6.01 Å². The van der Waals surface area contributed by atoms with Crippen molar-refractivity contribution in [3.05, 3.63) is 36.0 Å². The van der Waals surface area contributed by atoms with Gasteiger partial charge in [0.05, 0.1) is 0 Å². The Morgan fingerprint density at radius 2 is 2.00 bits per heavy atom. The number of anilines is 1. The molecule has 20 heavy (non-hydrogen) atoms. The van der Waals surface area contributed by atoms with Crippen molar-refractivity contribution in [2.45, 2.75) is 38.3 Å². The summed E-state index contributed by atoms with van der Waals surface area (Å²) in [5, 5.41) is 11.1. The van der Waals surface area contributed by atoms with Crippen molar-refractivity contribution in [3.8, 4) is 5.75 Å². The Labute approximate surface area is 116 Å². The maximum Gasteiger partial charge on any atom is 0.316 e. The van der Waals surface area contributed by atoms with Gasteiger partial charge in [-0.1, -0.05) is 5.10 Å². The van der Waals surface area contributed by atoms with E-state index in [0.717, 1.165) is 12.8 Å². The van der Waals surface area contributed by atoms with Crippen LogP contribution in [0.25, 0.3) is 0 Å². The number of benzene rings is 1. The Balaban J connectivity index is 1.64. The minimum atomic E-state index is -0.393. The van der Waals surface area contributed by atoms with Crippen LogP contribution < -0.4 is 10.1 Å². The fraction of sp³-hybridized carbons (Fsp3) is 0.429. The first-order valence-corrected chi connectivity index (χ1v) is 6.58. The van der Waals surface area contributed by atoms with Crippen LogP contribution in [0.1, 0.15) is 38.7 Å². The van der Waals surface area contributed by atoms with Crippen LogP contribution in [0.3, 0.4) is 0 Å². The van der Waals surface area contributed by atoms with E-state index in [1.165, 1.54) is 12.1 Å². The minimum Gasteiger partial charge on any atom is -0.481 e. The number of ether oxygens (including phenoxy) is 1. The van der Waals surface area contributed by atoms with E-state index in [9.17, 15) is 4.39 Å². The second-order valence-electron chi connectivity index (χ2n) is 5.35. The van der Waals surface area contributed by atoms with Crippen LogP contribution in [0.2, 0.25) is 0 Å². The van der Waals surface area contributed by atoms with E-state index in [0.29, 0.717) is 17.7 Å². The zero-order valence-corrected chi connectivity index (χ0v) is 11.4. The maximum atomic E-state index is 12.8. The summed E-state index contributed by atoms with van der Waals surface area (Å²) in [6.07, 6.45) is 1.81. The zero-order valence-electron chi connectivity index (χ0n) is 11.4. The van der Waals surface area contributed by atoms with Gasteiger partial charge in [-0.25, -0.2) is 4.39 Å². The first-order chi connectivity index (χ1) is 9.54. The molecule has 0 saturated heterocycles. The van der Waals surface area contributed by atoms with Crippen LogP contribution in [-0.4, -0.2) is 15.7 Å². The molecule has 2 aromatic rings. The van der Waals surface area contributed by atoms with E-state index >= 15 is 0 Å². The number of nitrogens with zero attached hydrogens (tertiary/aromatic N) is 2. The van der Waals surface area contributed by atoms with E-state index in [1.54, 1.807) is 19.1 Å². The first kappa shape index (κ1) is 12.9. The average Bonchev–Trinajstić information content (AvgIpc) is 2.96. The van der Waals surface area contributed by atoms with Crippen molar-refractivity contribution in [3.63, 3.8) is 0 Å². The number of hydrogen-bond donors (Lipinski definition) is 1. The quantitative estimate of drug-likeness (QED) is 0.908. The van der Waals surface area contributed by atoms with Crippen LogP contribution in [0, 0.1) is 5.82 Å². The molecule has 1 aliphatic rings. The van der Waals surface area contributed by atoms with E-state index in [-0.39, 0.29) is 11.4 Å². The van der Waals surface area contributed by atoms with Crippen LogP contribution >= 0.6 is 0 Å².